The first-order chi connectivity index (χ1) is 9.27. The lowest BCUT2D eigenvalue weighted by molar-refractivity contribution is 0.0957. The molecule has 2 rings (SSSR count). The molecule has 1 atom stereocenters. The maximum Gasteiger partial charge on any atom is 0.177 e. The summed E-state index contributed by atoms with van der Waals surface area (Å²) in [5.74, 6) is 5.94. The smallest absolute Gasteiger partial charge is 0.177 e. The van der Waals surface area contributed by atoms with Gasteiger partial charge < -0.3 is 0 Å². The number of ketones is 1. The van der Waals surface area contributed by atoms with Crippen molar-refractivity contribution >= 4 is 5.78 Å². The summed E-state index contributed by atoms with van der Waals surface area (Å²) in [4.78, 5) is 12.1. The number of Topliss-reactive ketones (excluding diaryl/α,β-unsaturated/α-hetero) is 1. The van der Waals surface area contributed by atoms with Crippen molar-refractivity contribution in [2.45, 2.75) is 13.3 Å². The summed E-state index contributed by atoms with van der Waals surface area (Å²) in [5, 5.41) is 0. The highest BCUT2D eigenvalue weighted by Crippen LogP contribution is 2.07. The van der Waals surface area contributed by atoms with E-state index in [9.17, 15) is 4.79 Å². The Morgan fingerprint density at radius 1 is 1.00 bits per heavy atom. The van der Waals surface area contributed by atoms with Crippen LogP contribution in [-0.2, 0) is 6.42 Å². The van der Waals surface area contributed by atoms with E-state index in [2.05, 4.69) is 11.8 Å². The molecule has 94 valence electrons. The molecule has 2 aromatic rings. The Labute approximate surface area is 114 Å². The summed E-state index contributed by atoms with van der Waals surface area (Å²) in [7, 11) is 0. The Kier molecular flexibility index (Phi) is 4.53. The molecule has 0 aliphatic rings. The van der Waals surface area contributed by atoms with Crippen LogP contribution in [0.1, 0.15) is 22.8 Å². The summed E-state index contributed by atoms with van der Waals surface area (Å²) >= 11 is 0. The number of rotatable bonds is 3. The molecule has 0 heterocycles. The van der Waals surface area contributed by atoms with Crippen LogP contribution in [0, 0.1) is 17.8 Å². The number of hydrogen-bond acceptors (Lipinski definition) is 1. The fourth-order valence-electron chi connectivity index (χ4n) is 1.82. The van der Waals surface area contributed by atoms with Gasteiger partial charge in [-0.3, -0.25) is 4.79 Å². The van der Waals surface area contributed by atoms with E-state index in [1.807, 2.05) is 67.6 Å². The fraction of sp³-hybridized carbons (Fsp3) is 0.167. The minimum Gasteiger partial charge on any atom is -0.293 e. The minimum atomic E-state index is -0.258. The van der Waals surface area contributed by atoms with Gasteiger partial charge >= 0.3 is 0 Å². The third-order valence-electron chi connectivity index (χ3n) is 2.91. The standard InChI is InChI=1S/C18H16O/c1-15(18(19)17-13-6-3-7-14-17)9-8-12-16-10-4-2-5-11-16/h2-7,10-11,13-15H,12H2,1H3. The Balaban J connectivity index is 1.98. The fourth-order valence-corrected chi connectivity index (χ4v) is 1.82. The van der Waals surface area contributed by atoms with Crippen molar-refractivity contribution in [2.75, 3.05) is 0 Å². The Bertz CT molecular complexity index is 588. The first-order valence-corrected chi connectivity index (χ1v) is 6.39. The monoisotopic (exact) mass is 248 g/mol. The third kappa shape index (κ3) is 3.82. The van der Waals surface area contributed by atoms with E-state index in [-0.39, 0.29) is 11.7 Å². The van der Waals surface area contributed by atoms with Crippen LogP contribution in [0.5, 0.6) is 0 Å². The van der Waals surface area contributed by atoms with E-state index in [1.54, 1.807) is 0 Å². The van der Waals surface area contributed by atoms with E-state index in [0.717, 1.165) is 5.56 Å². The Morgan fingerprint density at radius 2 is 1.58 bits per heavy atom. The van der Waals surface area contributed by atoms with Crippen LogP contribution in [0.4, 0.5) is 0 Å². The van der Waals surface area contributed by atoms with Gasteiger partial charge in [-0.05, 0) is 12.5 Å². The first-order valence-electron chi connectivity index (χ1n) is 6.39. The number of hydrogen-bond donors (Lipinski definition) is 0. The van der Waals surface area contributed by atoms with Crippen molar-refractivity contribution in [2.24, 2.45) is 5.92 Å². The van der Waals surface area contributed by atoms with Gasteiger partial charge in [-0.2, -0.15) is 0 Å². The topological polar surface area (TPSA) is 17.1 Å². The van der Waals surface area contributed by atoms with E-state index < -0.39 is 0 Å². The van der Waals surface area contributed by atoms with Crippen LogP contribution in [0.3, 0.4) is 0 Å². The van der Waals surface area contributed by atoms with Crippen LogP contribution in [-0.4, -0.2) is 5.78 Å². The van der Waals surface area contributed by atoms with Crippen LogP contribution >= 0.6 is 0 Å². The molecule has 0 radical (unpaired) electrons. The molecular weight excluding hydrogens is 232 g/mol. The van der Waals surface area contributed by atoms with Crippen molar-refractivity contribution < 1.29 is 4.79 Å². The molecule has 0 N–H and O–H groups in total. The highest BCUT2D eigenvalue weighted by atomic mass is 16.1. The highest BCUT2D eigenvalue weighted by Gasteiger charge is 2.11. The SMILES string of the molecule is CC(C#CCc1ccccc1)C(=O)c1ccccc1. The molecule has 0 amide bonds. The average molecular weight is 248 g/mol. The van der Waals surface area contributed by atoms with Crippen LogP contribution in [0.2, 0.25) is 0 Å². The molecule has 19 heavy (non-hydrogen) atoms. The summed E-state index contributed by atoms with van der Waals surface area (Å²) in [6.45, 7) is 1.85. The normalized spacial score (nSPS) is 11.2. The molecule has 0 bridgehead atoms. The molecule has 0 saturated carbocycles. The summed E-state index contributed by atoms with van der Waals surface area (Å²) in [6.07, 6.45) is 0.688. The third-order valence-corrected chi connectivity index (χ3v) is 2.91. The molecule has 1 heteroatoms. The van der Waals surface area contributed by atoms with Crippen molar-refractivity contribution in [1.29, 1.82) is 0 Å². The highest BCUT2D eigenvalue weighted by molar-refractivity contribution is 5.99. The summed E-state index contributed by atoms with van der Waals surface area (Å²) in [5.41, 5.74) is 1.90. The second-order valence-corrected chi connectivity index (χ2v) is 4.44. The van der Waals surface area contributed by atoms with Crippen molar-refractivity contribution in [3.05, 3.63) is 71.8 Å². The lowest BCUT2D eigenvalue weighted by Crippen LogP contribution is -2.09. The van der Waals surface area contributed by atoms with Crippen molar-refractivity contribution in [3.63, 3.8) is 0 Å². The van der Waals surface area contributed by atoms with Gasteiger partial charge in [0, 0.05) is 12.0 Å². The van der Waals surface area contributed by atoms with Gasteiger partial charge in [0.15, 0.2) is 5.78 Å². The van der Waals surface area contributed by atoms with Crippen molar-refractivity contribution in [1.82, 2.24) is 0 Å². The molecule has 2 aromatic carbocycles. The molecule has 0 aliphatic heterocycles. The Morgan fingerprint density at radius 3 is 2.21 bits per heavy atom. The predicted molar refractivity (Wildman–Crippen MR) is 77.9 cm³/mol. The quantitative estimate of drug-likeness (QED) is 0.597. The predicted octanol–water partition coefficient (Wildman–Crippen LogP) is 3.75. The lowest BCUT2D eigenvalue weighted by atomic mass is 9.99. The van der Waals surface area contributed by atoms with Gasteiger partial charge in [-0.15, -0.1) is 0 Å². The van der Waals surface area contributed by atoms with Gasteiger partial charge in [0.25, 0.3) is 0 Å². The number of benzene rings is 2. The van der Waals surface area contributed by atoms with E-state index in [4.69, 9.17) is 0 Å². The van der Waals surface area contributed by atoms with E-state index >= 15 is 0 Å². The van der Waals surface area contributed by atoms with Crippen LogP contribution < -0.4 is 0 Å². The molecule has 1 unspecified atom stereocenters. The zero-order valence-corrected chi connectivity index (χ0v) is 11.0. The number of carbonyl (C=O) groups excluding carboxylic acids is 1. The maximum atomic E-state index is 12.1. The zero-order chi connectivity index (χ0) is 13.5. The minimum absolute atomic E-state index is 0.0844. The van der Waals surface area contributed by atoms with Crippen molar-refractivity contribution in [3.8, 4) is 11.8 Å². The summed E-state index contributed by atoms with van der Waals surface area (Å²) in [6, 6.07) is 19.4. The van der Waals surface area contributed by atoms with E-state index in [0.29, 0.717) is 6.42 Å². The Hall–Kier alpha value is -2.33. The van der Waals surface area contributed by atoms with Gasteiger partial charge in [0.05, 0.1) is 5.92 Å². The zero-order valence-electron chi connectivity index (χ0n) is 11.0. The van der Waals surface area contributed by atoms with Gasteiger partial charge in [0.1, 0.15) is 0 Å². The molecule has 1 nitrogen and oxygen atoms in total. The molecular formula is C18H16O. The molecule has 0 saturated heterocycles. The molecule has 0 aliphatic carbocycles. The molecule has 0 aromatic heterocycles. The van der Waals surface area contributed by atoms with Gasteiger partial charge in [0.2, 0.25) is 0 Å². The van der Waals surface area contributed by atoms with Crippen LogP contribution in [0.15, 0.2) is 60.7 Å². The van der Waals surface area contributed by atoms with E-state index in [1.165, 1.54) is 5.56 Å². The van der Waals surface area contributed by atoms with Gasteiger partial charge in [-0.1, -0.05) is 72.5 Å². The summed E-state index contributed by atoms with van der Waals surface area (Å²) < 4.78 is 0. The van der Waals surface area contributed by atoms with Crippen LogP contribution in [0.25, 0.3) is 0 Å². The maximum absolute atomic E-state index is 12.1. The number of carbonyl (C=O) groups is 1. The van der Waals surface area contributed by atoms with Gasteiger partial charge in [-0.25, -0.2) is 0 Å². The average Bonchev–Trinajstić information content (AvgIpc) is 2.48. The molecule has 0 fully saturated rings. The molecule has 0 spiro atoms. The second kappa shape index (κ2) is 6.56. The second-order valence-electron chi connectivity index (χ2n) is 4.44. The largest absolute Gasteiger partial charge is 0.293 e. The first kappa shape index (κ1) is 13.1. The lowest BCUT2D eigenvalue weighted by Gasteiger charge is -2.02.